The number of hydrogen-bond donors (Lipinski definition) is 2. The van der Waals surface area contributed by atoms with E-state index in [1.165, 1.54) is 25.3 Å². The highest BCUT2D eigenvalue weighted by atomic mass is 19.3. The summed E-state index contributed by atoms with van der Waals surface area (Å²) in [4.78, 5) is 10.5. The van der Waals surface area contributed by atoms with E-state index in [1.54, 1.807) is 0 Å². The summed E-state index contributed by atoms with van der Waals surface area (Å²) in [5.74, 6) is -0.881. The molecule has 0 bridgehead atoms. The van der Waals surface area contributed by atoms with Gasteiger partial charge in [0.05, 0.1) is 13.5 Å². The molecule has 0 fully saturated rings. The fraction of sp³-hybridized carbons (Fsp3) is 0.364. The summed E-state index contributed by atoms with van der Waals surface area (Å²) in [5, 5.41) is 8.61. The molecule has 6 heteroatoms. The molecule has 0 aromatic heterocycles. The van der Waals surface area contributed by atoms with Gasteiger partial charge in [-0.1, -0.05) is 12.1 Å². The van der Waals surface area contributed by atoms with Crippen LogP contribution in [0.4, 0.5) is 8.78 Å². The van der Waals surface area contributed by atoms with Crippen LogP contribution in [0.25, 0.3) is 0 Å². The van der Waals surface area contributed by atoms with Gasteiger partial charge in [0.2, 0.25) is 0 Å². The number of carboxylic acid groups (broad SMARTS) is 1. The molecule has 1 atom stereocenters. The van der Waals surface area contributed by atoms with Crippen LogP contribution in [0, 0.1) is 0 Å². The largest absolute Gasteiger partial charge is 0.496 e. The smallest absolute Gasteiger partial charge is 0.305 e. The normalized spacial score (nSPS) is 12.5. The third-order valence-electron chi connectivity index (χ3n) is 2.30. The van der Waals surface area contributed by atoms with Gasteiger partial charge in [-0.3, -0.25) is 4.79 Å². The van der Waals surface area contributed by atoms with Crippen molar-refractivity contribution in [3.8, 4) is 5.75 Å². The number of carboxylic acids is 1. The Kier molecular flexibility index (Phi) is 4.39. The van der Waals surface area contributed by atoms with E-state index < -0.39 is 18.4 Å². The predicted molar refractivity (Wildman–Crippen MR) is 57.1 cm³/mol. The van der Waals surface area contributed by atoms with Crippen LogP contribution in [0.1, 0.15) is 30.0 Å². The predicted octanol–water partition coefficient (Wildman–Crippen LogP) is 2.11. The lowest BCUT2D eigenvalue weighted by Crippen LogP contribution is -2.16. The van der Waals surface area contributed by atoms with Gasteiger partial charge in [-0.2, -0.15) is 0 Å². The molecule has 94 valence electrons. The maximum Gasteiger partial charge on any atom is 0.305 e. The Morgan fingerprint density at radius 3 is 2.65 bits per heavy atom. The number of halogens is 2. The van der Waals surface area contributed by atoms with Gasteiger partial charge in [0.15, 0.2) is 0 Å². The molecule has 3 N–H and O–H groups in total. The quantitative estimate of drug-likeness (QED) is 0.833. The highest BCUT2D eigenvalue weighted by Gasteiger charge is 2.17. The average molecular weight is 245 g/mol. The Hall–Kier alpha value is -1.69. The van der Waals surface area contributed by atoms with Crippen LogP contribution in [0.5, 0.6) is 5.75 Å². The number of rotatable bonds is 5. The summed E-state index contributed by atoms with van der Waals surface area (Å²) in [6.07, 6.45) is -2.89. The van der Waals surface area contributed by atoms with Crippen LogP contribution >= 0.6 is 0 Å². The molecule has 0 aliphatic carbocycles. The Labute approximate surface area is 97.0 Å². The van der Waals surface area contributed by atoms with Crippen LogP contribution in [0.3, 0.4) is 0 Å². The van der Waals surface area contributed by atoms with Crippen LogP contribution in [0.2, 0.25) is 0 Å². The SMILES string of the molecule is COc1cc(C(F)F)ccc1C(N)CC(=O)O. The molecular formula is C11H13F2NO3. The molecule has 0 radical (unpaired) electrons. The molecule has 0 saturated heterocycles. The number of aliphatic carboxylic acids is 1. The van der Waals surface area contributed by atoms with Crippen LogP contribution in [-0.4, -0.2) is 18.2 Å². The summed E-state index contributed by atoms with van der Waals surface area (Å²) in [7, 11) is 1.32. The van der Waals surface area contributed by atoms with E-state index in [1.807, 2.05) is 0 Å². The van der Waals surface area contributed by atoms with Crippen molar-refractivity contribution in [2.45, 2.75) is 18.9 Å². The number of hydrogen-bond acceptors (Lipinski definition) is 3. The number of carbonyl (C=O) groups is 1. The Balaban J connectivity index is 3.03. The molecule has 17 heavy (non-hydrogen) atoms. The van der Waals surface area contributed by atoms with Crippen LogP contribution in [-0.2, 0) is 4.79 Å². The second kappa shape index (κ2) is 5.58. The molecule has 0 aliphatic heterocycles. The van der Waals surface area contributed by atoms with Crippen molar-refractivity contribution in [1.82, 2.24) is 0 Å². The number of ether oxygens (including phenoxy) is 1. The molecule has 1 aromatic rings. The zero-order chi connectivity index (χ0) is 13.0. The lowest BCUT2D eigenvalue weighted by Gasteiger charge is -2.15. The van der Waals surface area contributed by atoms with E-state index in [4.69, 9.17) is 15.6 Å². The van der Waals surface area contributed by atoms with Gasteiger partial charge in [0.25, 0.3) is 6.43 Å². The van der Waals surface area contributed by atoms with Crippen LogP contribution < -0.4 is 10.5 Å². The third-order valence-corrected chi connectivity index (χ3v) is 2.30. The molecule has 0 amide bonds. The highest BCUT2D eigenvalue weighted by Crippen LogP contribution is 2.30. The molecule has 0 spiro atoms. The van der Waals surface area contributed by atoms with Crippen molar-refractivity contribution in [2.75, 3.05) is 7.11 Å². The van der Waals surface area contributed by atoms with Gasteiger partial charge in [0, 0.05) is 17.2 Å². The minimum Gasteiger partial charge on any atom is -0.496 e. The lowest BCUT2D eigenvalue weighted by molar-refractivity contribution is -0.137. The lowest BCUT2D eigenvalue weighted by atomic mass is 10.0. The van der Waals surface area contributed by atoms with E-state index in [2.05, 4.69) is 0 Å². The third kappa shape index (κ3) is 3.39. The second-order valence-electron chi connectivity index (χ2n) is 3.51. The summed E-state index contributed by atoms with van der Waals surface area (Å²) in [6.45, 7) is 0. The van der Waals surface area contributed by atoms with Gasteiger partial charge in [-0.25, -0.2) is 8.78 Å². The minimum absolute atomic E-state index is 0.177. The molecular weight excluding hydrogens is 232 g/mol. The van der Waals surface area contributed by atoms with Gasteiger partial charge >= 0.3 is 5.97 Å². The average Bonchev–Trinajstić information content (AvgIpc) is 2.27. The molecule has 0 heterocycles. The van der Waals surface area contributed by atoms with Gasteiger partial charge in [0.1, 0.15) is 5.75 Å². The van der Waals surface area contributed by atoms with Crippen molar-refractivity contribution < 1.29 is 23.4 Å². The number of nitrogens with two attached hydrogens (primary N) is 1. The number of alkyl halides is 2. The van der Waals surface area contributed by atoms with E-state index in [-0.39, 0.29) is 17.7 Å². The molecule has 4 nitrogen and oxygen atoms in total. The summed E-state index contributed by atoms with van der Waals surface area (Å²) >= 11 is 0. The Bertz CT molecular complexity index is 410. The van der Waals surface area contributed by atoms with E-state index in [0.717, 1.165) is 0 Å². The van der Waals surface area contributed by atoms with Gasteiger partial charge in [-0.05, 0) is 6.07 Å². The number of methoxy groups -OCH3 is 1. The molecule has 1 unspecified atom stereocenters. The van der Waals surface area contributed by atoms with Gasteiger partial charge < -0.3 is 15.6 Å². The second-order valence-corrected chi connectivity index (χ2v) is 3.51. The monoisotopic (exact) mass is 245 g/mol. The number of benzene rings is 1. The van der Waals surface area contributed by atoms with Crippen molar-refractivity contribution in [3.63, 3.8) is 0 Å². The maximum absolute atomic E-state index is 12.4. The van der Waals surface area contributed by atoms with Crippen molar-refractivity contribution >= 4 is 5.97 Å². The minimum atomic E-state index is -2.60. The Morgan fingerprint density at radius 2 is 2.18 bits per heavy atom. The summed E-state index contributed by atoms with van der Waals surface area (Å²) in [5.41, 5.74) is 5.87. The highest BCUT2D eigenvalue weighted by molar-refractivity contribution is 5.68. The Morgan fingerprint density at radius 1 is 1.53 bits per heavy atom. The molecule has 0 aliphatic rings. The van der Waals surface area contributed by atoms with E-state index in [9.17, 15) is 13.6 Å². The molecule has 1 rings (SSSR count). The fourth-order valence-corrected chi connectivity index (χ4v) is 1.47. The first-order valence-electron chi connectivity index (χ1n) is 4.89. The van der Waals surface area contributed by atoms with Gasteiger partial charge in [-0.15, -0.1) is 0 Å². The van der Waals surface area contributed by atoms with Crippen LogP contribution in [0.15, 0.2) is 18.2 Å². The first kappa shape index (κ1) is 13.4. The zero-order valence-electron chi connectivity index (χ0n) is 9.19. The van der Waals surface area contributed by atoms with Crippen molar-refractivity contribution in [2.24, 2.45) is 5.73 Å². The first-order chi connectivity index (χ1) is 7.95. The maximum atomic E-state index is 12.4. The van der Waals surface area contributed by atoms with E-state index in [0.29, 0.717) is 5.56 Å². The standard InChI is InChI=1S/C11H13F2NO3/c1-17-9-4-6(11(12)13)2-3-7(9)8(14)5-10(15)16/h2-4,8,11H,5,14H2,1H3,(H,15,16). The molecule has 1 aromatic carbocycles. The summed E-state index contributed by atoms with van der Waals surface area (Å²) < 4.78 is 29.8. The van der Waals surface area contributed by atoms with E-state index >= 15 is 0 Å². The fourth-order valence-electron chi connectivity index (χ4n) is 1.47. The molecule has 0 saturated carbocycles. The first-order valence-corrected chi connectivity index (χ1v) is 4.89. The topological polar surface area (TPSA) is 72.5 Å². The van der Waals surface area contributed by atoms with Crippen molar-refractivity contribution in [1.29, 1.82) is 0 Å². The van der Waals surface area contributed by atoms with Crippen molar-refractivity contribution in [3.05, 3.63) is 29.3 Å². The summed E-state index contributed by atoms with van der Waals surface area (Å²) in [6, 6.07) is 2.97. The zero-order valence-corrected chi connectivity index (χ0v) is 9.19.